The maximum absolute atomic E-state index is 11.6. The van der Waals surface area contributed by atoms with Gasteiger partial charge in [0.25, 0.3) is 0 Å². The SMILES string of the molecule is O=C1O[C@@H](Nc2ncccn2)c2ccccc21. The van der Waals surface area contributed by atoms with Crippen LogP contribution < -0.4 is 5.32 Å². The number of hydrogen-bond acceptors (Lipinski definition) is 5. The molecule has 5 nitrogen and oxygen atoms in total. The van der Waals surface area contributed by atoms with Crippen LogP contribution in [0.4, 0.5) is 5.95 Å². The molecule has 0 saturated heterocycles. The number of anilines is 1. The lowest BCUT2D eigenvalue weighted by molar-refractivity contribution is 0.0436. The van der Waals surface area contributed by atoms with Gasteiger partial charge in [-0.2, -0.15) is 0 Å². The molecule has 1 aliphatic heterocycles. The normalized spacial score (nSPS) is 17.4. The summed E-state index contributed by atoms with van der Waals surface area (Å²) in [6.45, 7) is 0. The van der Waals surface area contributed by atoms with Crippen molar-refractivity contribution in [1.82, 2.24) is 9.97 Å². The van der Waals surface area contributed by atoms with Gasteiger partial charge in [-0.15, -0.1) is 0 Å². The monoisotopic (exact) mass is 227 g/mol. The average Bonchev–Trinajstić information content (AvgIpc) is 2.69. The molecule has 1 aromatic carbocycles. The molecule has 1 N–H and O–H groups in total. The van der Waals surface area contributed by atoms with Crippen LogP contribution in [-0.4, -0.2) is 15.9 Å². The first kappa shape index (κ1) is 9.77. The van der Waals surface area contributed by atoms with E-state index >= 15 is 0 Å². The molecule has 2 heterocycles. The van der Waals surface area contributed by atoms with Gasteiger partial charge in [-0.05, 0) is 12.1 Å². The van der Waals surface area contributed by atoms with Crippen LogP contribution in [0, 0.1) is 0 Å². The van der Waals surface area contributed by atoms with Crippen LogP contribution in [0.2, 0.25) is 0 Å². The summed E-state index contributed by atoms with van der Waals surface area (Å²) in [5.41, 5.74) is 1.39. The quantitative estimate of drug-likeness (QED) is 0.792. The van der Waals surface area contributed by atoms with Crippen molar-refractivity contribution >= 4 is 11.9 Å². The van der Waals surface area contributed by atoms with Crippen molar-refractivity contribution < 1.29 is 9.53 Å². The summed E-state index contributed by atoms with van der Waals surface area (Å²) in [5, 5.41) is 2.96. The standard InChI is InChI=1S/C12H9N3O2/c16-11-9-5-2-1-4-8(9)10(17-11)15-12-13-6-3-7-14-12/h1-7,10H,(H,13,14,15)/t10-/m1/s1. The topological polar surface area (TPSA) is 64.1 Å². The van der Waals surface area contributed by atoms with Crippen LogP contribution in [0.15, 0.2) is 42.7 Å². The van der Waals surface area contributed by atoms with E-state index in [1.807, 2.05) is 18.2 Å². The zero-order chi connectivity index (χ0) is 11.7. The lowest BCUT2D eigenvalue weighted by Crippen LogP contribution is -2.12. The average molecular weight is 227 g/mol. The molecule has 0 spiro atoms. The van der Waals surface area contributed by atoms with Crippen molar-refractivity contribution in [1.29, 1.82) is 0 Å². The number of esters is 1. The number of ether oxygens (including phenoxy) is 1. The Morgan fingerprint density at radius 3 is 2.71 bits per heavy atom. The summed E-state index contributed by atoms with van der Waals surface area (Å²) >= 11 is 0. The second-order valence-electron chi connectivity index (χ2n) is 3.59. The van der Waals surface area contributed by atoms with Gasteiger partial charge in [0.05, 0.1) is 5.56 Å². The van der Waals surface area contributed by atoms with Crippen LogP contribution in [0.25, 0.3) is 0 Å². The van der Waals surface area contributed by atoms with Crippen molar-refractivity contribution in [2.24, 2.45) is 0 Å². The van der Waals surface area contributed by atoms with E-state index in [1.54, 1.807) is 24.5 Å². The lowest BCUT2D eigenvalue weighted by atomic mass is 10.1. The summed E-state index contributed by atoms with van der Waals surface area (Å²) < 4.78 is 5.21. The molecule has 17 heavy (non-hydrogen) atoms. The van der Waals surface area contributed by atoms with E-state index in [-0.39, 0.29) is 5.97 Å². The Hall–Kier alpha value is -2.43. The summed E-state index contributed by atoms with van der Waals surface area (Å²) in [7, 11) is 0. The molecule has 0 fully saturated rings. The van der Waals surface area contributed by atoms with E-state index < -0.39 is 6.23 Å². The van der Waals surface area contributed by atoms with Crippen LogP contribution in [0.3, 0.4) is 0 Å². The zero-order valence-electron chi connectivity index (χ0n) is 8.83. The first-order chi connectivity index (χ1) is 8.34. The highest BCUT2D eigenvalue weighted by atomic mass is 16.6. The maximum Gasteiger partial charge on any atom is 0.340 e. The van der Waals surface area contributed by atoms with Crippen LogP contribution >= 0.6 is 0 Å². The zero-order valence-corrected chi connectivity index (χ0v) is 8.83. The van der Waals surface area contributed by atoms with Gasteiger partial charge in [-0.25, -0.2) is 14.8 Å². The van der Waals surface area contributed by atoms with Gasteiger partial charge in [0.1, 0.15) is 0 Å². The van der Waals surface area contributed by atoms with Crippen LogP contribution in [0.1, 0.15) is 22.1 Å². The number of carbonyl (C=O) groups excluding carboxylic acids is 1. The molecule has 0 saturated carbocycles. The van der Waals surface area contributed by atoms with Gasteiger partial charge in [0.2, 0.25) is 12.2 Å². The number of benzene rings is 1. The van der Waals surface area contributed by atoms with Gasteiger partial charge >= 0.3 is 5.97 Å². The molecule has 1 aromatic heterocycles. The Balaban J connectivity index is 1.90. The molecule has 2 aromatic rings. The molecular weight excluding hydrogens is 218 g/mol. The fourth-order valence-electron chi connectivity index (χ4n) is 1.74. The fraction of sp³-hybridized carbons (Fsp3) is 0.0833. The minimum Gasteiger partial charge on any atom is -0.434 e. The number of nitrogens with zero attached hydrogens (tertiary/aromatic N) is 2. The molecule has 0 unspecified atom stereocenters. The highest BCUT2D eigenvalue weighted by Gasteiger charge is 2.30. The smallest absolute Gasteiger partial charge is 0.340 e. The highest BCUT2D eigenvalue weighted by molar-refractivity contribution is 5.94. The second kappa shape index (κ2) is 3.86. The maximum atomic E-state index is 11.6. The van der Waals surface area contributed by atoms with Gasteiger partial charge < -0.3 is 10.1 Å². The fourth-order valence-corrected chi connectivity index (χ4v) is 1.74. The van der Waals surface area contributed by atoms with E-state index in [0.717, 1.165) is 5.56 Å². The summed E-state index contributed by atoms with van der Waals surface area (Å²) in [6.07, 6.45) is 2.73. The molecule has 84 valence electrons. The first-order valence-corrected chi connectivity index (χ1v) is 5.18. The molecule has 0 aliphatic carbocycles. The third-order valence-corrected chi connectivity index (χ3v) is 2.51. The summed E-state index contributed by atoms with van der Waals surface area (Å²) in [6, 6.07) is 8.98. The second-order valence-corrected chi connectivity index (χ2v) is 3.59. The predicted octanol–water partition coefficient (Wildman–Crippen LogP) is 1.76. The molecule has 1 atom stereocenters. The lowest BCUT2D eigenvalue weighted by Gasteiger charge is -2.11. The van der Waals surface area contributed by atoms with Crippen molar-refractivity contribution in [2.75, 3.05) is 5.32 Å². The Morgan fingerprint density at radius 1 is 1.12 bits per heavy atom. The Kier molecular flexibility index (Phi) is 2.22. The molecule has 3 rings (SSSR count). The summed E-state index contributed by atoms with van der Waals surface area (Å²) in [5.74, 6) is 0.107. The molecule has 5 heteroatoms. The van der Waals surface area contributed by atoms with E-state index in [2.05, 4.69) is 15.3 Å². The van der Waals surface area contributed by atoms with Gasteiger partial charge in [0.15, 0.2) is 0 Å². The van der Waals surface area contributed by atoms with Crippen molar-refractivity contribution in [3.8, 4) is 0 Å². The number of aromatic nitrogens is 2. The minimum absolute atomic E-state index is 0.325. The number of carbonyl (C=O) groups is 1. The Labute approximate surface area is 97.5 Å². The number of cyclic esters (lactones) is 1. The Morgan fingerprint density at radius 2 is 1.88 bits per heavy atom. The van der Waals surface area contributed by atoms with Crippen LogP contribution in [-0.2, 0) is 4.74 Å². The molecule has 1 aliphatic rings. The molecule has 0 bridgehead atoms. The van der Waals surface area contributed by atoms with Gasteiger partial charge in [-0.1, -0.05) is 18.2 Å². The van der Waals surface area contributed by atoms with E-state index in [9.17, 15) is 4.79 Å². The van der Waals surface area contributed by atoms with E-state index in [1.165, 1.54) is 0 Å². The molecule has 0 radical (unpaired) electrons. The highest BCUT2D eigenvalue weighted by Crippen LogP contribution is 2.30. The van der Waals surface area contributed by atoms with E-state index in [0.29, 0.717) is 11.5 Å². The third-order valence-electron chi connectivity index (χ3n) is 2.51. The largest absolute Gasteiger partial charge is 0.434 e. The minimum atomic E-state index is -0.513. The number of fused-ring (bicyclic) bond motifs is 1. The van der Waals surface area contributed by atoms with Crippen molar-refractivity contribution in [2.45, 2.75) is 6.23 Å². The molecular formula is C12H9N3O2. The van der Waals surface area contributed by atoms with Gasteiger partial charge in [0, 0.05) is 18.0 Å². The summed E-state index contributed by atoms with van der Waals surface area (Å²) in [4.78, 5) is 19.6. The number of nitrogens with one attached hydrogen (secondary N) is 1. The third kappa shape index (κ3) is 1.71. The van der Waals surface area contributed by atoms with E-state index in [4.69, 9.17) is 4.74 Å². The Bertz CT molecular complexity index is 557. The number of rotatable bonds is 2. The van der Waals surface area contributed by atoms with Crippen molar-refractivity contribution in [3.63, 3.8) is 0 Å². The number of hydrogen-bond donors (Lipinski definition) is 1. The first-order valence-electron chi connectivity index (χ1n) is 5.18. The van der Waals surface area contributed by atoms with Crippen molar-refractivity contribution in [3.05, 3.63) is 53.9 Å². The van der Waals surface area contributed by atoms with Crippen LogP contribution in [0.5, 0.6) is 0 Å². The van der Waals surface area contributed by atoms with Gasteiger partial charge in [-0.3, -0.25) is 0 Å². The predicted molar refractivity (Wildman–Crippen MR) is 60.3 cm³/mol. The molecule has 0 amide bonds.